The third kappa shape index (κ3) is 1.23. The molecule has 0 saturated carbocycles. The molecule has 0 aliphatic heterocycles. The van der Waals surface area contributed by atoms with Crippen molar-refractivity contribution in [3.05, 3.63) is 16.8 Å². The summed E-state index contributed by atoms with van der Waals surface area (Å²) in [5.74, 6) is 0.865. The number of oxazole rings is 1. The Labute approximate surface area is 60.0 Å². The second kappa shape index (κ2) is 2.51. The van der Waals surface area contributed by atoms with E-state index in [1.54, 1.807) is 0 Å². The second-order valence-corrected chi connectivity index (χ2v) is 2.28. The van der Waals surface area contributed by atoms with Crippen molar-refractivity contribution in [1.29, 1.82) is 0 Å². The molecule has 0 aliphatic carbocycles. The molecular weight excluding hydrogens is 193 g/mol. The summed E-state index contributed by atoms with van der Waals surface area (Å²) in [6, 6.07) is 0. The third-order valence-corrected chi connectivity index (χ3v) is 1.23. The van der Waals surface area contributed by atoms with Gasteiger partial charge in [0.15, 0.2) is 0 Å². The van der Waals surface area contributed by atoms with Crippen LogP contribution in [0.4, 0.5) is 0 Å². The zero-order valence-electron chi connectivity index (χ0n) is 3.90. The number of rotatable bonds is 1. The van der Waals surface area contributed by atoms with Crippen LogP contribution in [0.25, 0.3) is 0 Å². The van der Waals surface area contributed by atoms with Gasteiger partial charge in [0.2, 0.25) is 5.89 Å². The molecule has 0 amide bonds. The third-order valence-electron chi connectivity index (χ3n) is 0.638. The van der Waals surface area contributed by atoms with Crippen LogP contribution in [-0.4, -0.2) is 4.98 Å². The average molecular weight is 196 g/mol. The Balaban J connectivity index is 2.84. The van der Waals surface area contributed by atoms with Crippen LogP contribution in [0.2, 0.25) is 0 Å². The highest BCUT2D eigenvalue weighted by molar-refractivity contribution is 9.10. The number of hydrogen-bond donors (Lipinski definition) is 0. The van der Waals surface area contributed by atoms with Gasteiger partial charge in [-0.1, -0.05) is 0 Å². The number of alkyl halides is 1. The normalized spacial score (nSPS) is 9.75. The lowest BCUT2D eigenvalue weighted by molar-refractivity contribution is 0.515. The van der Waals surface area contributed by atoms with Crippen molar-refractivity contribution >= 4 is 27.5 Å². The number of hydrogen-bond acceptors (Lipinski definition) is 2. The molecule has 0 aliphatic rings. The molecule has 1 aromatic heterocycles. The largest absolute Gasteiger partial charge is 0.446 e. The Morgan fingerprint density at radius 1 is 1.88 bits per heavy atom. The van der Waals surface area contributed by atoms with Crippen LogP contribution in [0.5, 0.6) is 0 Å². The zero-order chi connectivity index (χ0) is 5.98. The molecule has 0 unspecified atom stereocenters. The Hall–Kier alpha value is -0.0200. The highest BCUT2D eigenvalue weighted by atomic mass is 79.9. The van der Waals surface area contributed by atoms with Crippen molar-refractivity contribution in [1.82, 2.24) is 4.98 Å². The Morgan fingerprint density at radius 2 is 2.62 bits per heavy atom. The first-order valence-electron chi connectivity index (χ1n) is 1.99. The van der Waals surface area contributed by atoms with Crippen LogP contribution in [-0.2, 0) is 5.88 Å². The van der Waals surface area contributed by atoms with Crippen molar-refractivity contribution < 1.29 is 4.42 Å². The topological polar surface area (TPSA) is 26.0 Å². The van der Waals surface area contributed by atoms with Gasteiger partial charge in [0, 0.05) is 0 Å². The molecule has 0 radical (unpaired) electrons. The molecule has 1 heterocycles. The fourth-order valence-corrected chi connectivity index (χ4v) is 0.764. The smallest absolute Gasteiger partial charge is 0.210 e. The number of halogens is 2. The van der Waals surface area contributed by atoms with Gasteiger partial charge in [-0.25, -0.2) is 4.98 Å². The second-order valence-electron chi connectivity index (χ2n) is 1.20. The average Bonchev–Trinajstić information content (AvgIpc) is 2.14. The molecule has 0 saturated heterocycles. The molecule has 1 rings (SSSR count). The summed E-state index contributed by atoms with van der Waals surface area (Å²) in [6.45, 7) is 0. The van der Waals surface area contributed by atoms with Gasteiger partial charge in [0.1, 0.15) is 10.9 Å². The van der Waals surface area contributed by atoms with Crippen LogP contribution in [0.1, 0.15) is 5.89 Å². The highest BCUT2D eigenvalue weighted by Gasteiger charge is 1.95. The van der Waals surface area contributed by atoms with E-state index in [1.807, 2.05) is 0 Å². The summed E-state index contributed by atoms with van der Waals surface area (Å²) in [7, 11) is 0. The lowest BCUT2D eigenvalue weighted by atomic mass is 10.8. The molecule has 4 heteroatoms. The lowest BCUT2D eigenvalue weighted by Gasteiger charge is -1.76. The fourth-order valence-electron chi connectivity index (χ4n) is 0.350. The lowest BCUT2D eigenvalue weighted by Crippen LogP contribution is -1.72. The molecule has 1 aromatic rings. The van der Waals surface area contributed by atoms with Gasteiger partial charge in [-0.2, -0.15) is 0 Å². The first-order valence-corrected chi connectivity index (χ1v) is 3.31. The molecular formula is C4H3BrClNO. The van der Waals surface area contributed by atoms with Crippen molar-refractivity contribution in [2.75, 3.05) is 0 Å². The maximum Gasteiger partial charge on any atom is 0.210 e. The van der Waals surface area contributed by atoms with Crippen molar-refractivity contribution in [3.8, 4) is 0 Å². The molecule has 0 spiro atoms. The highest BCUT2D eigenvalue weighted by Crippen LogP contribution is 2.09. The van der Waals surface area contributed by atoms with E-state index in [0.717, 1.165) is 0 Å². The molecule has 0 N–H and O–H groups in total. The molecule has 44 valence electrons. The van der Waals surface area contributed by atoms with Crippen LogP contribution in [0.3, 0.4) is 0 Å². The first kappa shape index (κ1) is 6.11. The van der Waals surface area contributed by atoms with Crippen molar-refractivity contribution in [2.45, 2.75) is 5.88 Å². The van der Waals surface area contributed by atoms with Crippen LogP contribution >= 0.6 is 27.5 Å². The van der Waals surface area contributed by atoms with Gasteiger partial charge < -0.3 is 4.42 Å². The molecule has 0 aromatic carbocycles. The summed E-state index contributed by atoms with van der Waals surface area (Å²) in [5.41, 5.74) is 0. The predicted molar refractivity (Wildman–Crippen MR) is 33.8 cm³/mol. The van der Waals surface area contributed by atoms with Crippen molar-refractivity contribution in [2.24, 2.45) is 0 Å². The van der Waals surface area contributed by atoms with E-state index in [1.165, 1.54) is 6.26 Å². The van der Waals surface area contributed by atoms with E-state index >= 15 is 0 Å². The van der Waals surface area contributed by atoms with Gasteiger partial charge in [0.05, 0.1) is 5.88 Å². The van der Waals surface area contributed by atoms with Crippen LogP contribution in [0, 0.1) is 0 Å². The minimum Gasteiger partial charge on any atom is -0.446 e. The van der Waals surface area contributed by atoms with Gasteiger partial charge >= 0.3 is 0 Å². The predicted octanol–water partition coefficient (Wildman–Crippen LogP) is 2.18. The molecule has 2 nitrogen and oxygen atoms in total. The summed E-state index contributed by atoms with van der Waals surface area (Å²) in [4.78, 5) is 3.85. The molecule has 8 heavy (non-hydrogen) atoms. The minimum absolute atomic E-state index is 0.325. The summed E-state index contributed by atoms with van der Waals surface area (Å²) in [5, 5.41) is 0. The Bertz CT molecular complexity index is 176. The maximum atomic E-state index is 5.36. The van der Waals surface area contributed by atoms with E-state index in [4.69, 9.17) is 16.0 Å². The summed E-state index contributed by atoms with van der Waals surface area (Å²) < 4.78 is 5.51. The monoisotopic (exact) mass is 195 g/mol. The van der Waals surface area contributed by atoms with Crippen LogP contribution < -0.4 is 0 Å². The Morgan fingerprint density at radius 3 is 2.88 bits per heavy atom. The number of nitrogens with zero attached hydrogens (tertiary/aromatic N) is 1. The minimum atomic E-state index is 0.325. The van der Waals surface area contributed by atoms with E-state index in [-0.39, 0.29) is 0 Å². The van der Waals surface area contributed by atoms with E-state index < -0.39 is 0 Å². The summed E-state index contributed by atoms with van der Waals surface area (Å²) in [6.07, 6.45) is 1.50. The van der Waals surface area contributed by atoms with Gasteiger partial charge in [-0.15, -0.1) is 11.6 Å². The van der Waals surface area contributed by atoms with Gasteiger partial charge in [-0.05, 0) is 15.9 Å². The first-order chi connectivity index (χ1) is 3.83. The fraction of sp³-hybridized carbons (Fsp3) is 0.250. The van der Waals surface area contributed by atoms with Crippen LogP contribution in [0.15, 0.2) is 15.3 Å². The Kier molecular flexibility index (Phi) is 1.91. The quantitative estimate of drug-likeness (QED) is 0.644. The standard InChI is InChI=1S/C4H3BrClNO/c5-3-2-8-4(1-6)7-3/h2H,1H2. The van der Waals surface area contributed by atoms with E-state index in [9.17, 15) is 0 Å². The van der Waals surface area contributed by atoms with Crippen molar-refractivity contribution in [3.63, 3.8) is 0 Å². The van der Waals surface area contributed by atoms with E-state index in [2.05, 4.69) is 20.9 Å². The SMILES string of the molecule is ClCc1nc(Br)co1. The molecule has 0 atom stereocenters. The number of aromatic nitrogens is 1. The summed E-state index contributed by atoms with van der Waals surface area (Å²) >= 11 is 8.47. The molecule has 0 fully saturated rings. The van der Waals surface area contributed by atoms with E-state index in [0.29, 0.717) is 16.4 Å². The molecule has 0 bridgehead atoms. The zero-order valence-corrected chi connectivity index (χ0v) is 6.24. The maximum absolute atomic E-state index is 5.36. The van der Waals surface area contributed by atoms with Gasteiger partial charge in [-0.3, -0.25) is 0 Å². The van der Waals surface area contributed by atoms with Gasteiger partial charge in [0.25, 0.3) is 0 Å².